The molecule has 1 aliphatic carbocycles. The molecule has 1 unspecified atom stereocenters. The minimum atomic E-state index is -0.231. The van der Waals surface area contributed by atoms with E-state index in [1.165, 1.54) is 18.9 Å². The van der Waals surface area contributed by atoms with Gasteiger partial charge in [-0.05, 0) is 31.4 Å². The highest BCUT2D eigenvalue weighted by atomic mass is 19.1. The third-order valence-corrected chi connectivity index (χ3v) is 3.90. The van der Waals surface area contributed by atoms with Crippen molar-refractivity contribution in [2.75, 3.05) is 6.54 Å². The Hall–Kier alpha value is -1.42. The number of hydrogen-bond donors (Lipinski definition) is 1. The number of aromatic nitrogens is 2. The highest BCUT2D eigenvalue weighted by Crippen LogP contribution is 2.41. The molecule has 3 nitrogen and oxygen atoms in total. The van der Waals surface area contributed by atoms with Crippen LogP contribution < -0.4 is 5.73 Å². The average Bonchev–Trinajstić information content (AvgIpc) is 3.17. The Morgan fingerprint density at radius 1 is 1.47 bits per heavy atom. The Balaban J connectivity index is 2.17. The summed E-state index contributed by atoms with van der Waals surface area (Å²) < 4.78 is 16.1. The molecule has 19 heavy (non-hydrogen) atoms. The summed E-state index contributed by atoms with van der Waals surface area (Å²) in [7, 11) is 0. The number of fused-ring (bicyclic) bond motifs is 1. The van der Waals surface area contributed by atoms with E-state index in [2.05, 4.69) is 16.5 Å². The molecule has 0 spiro atoms. The minimum absolute atomic E-state index is 0.231. The molecule has 102 valence electrons. The Labute approximate surface area is 112 Å². The van der Waals surface area contributed by atoms with E-state index in [-0.39, 0.29) is 11.7 Å². The van der Waals surface area contributed by atoms with Gasteiger partial charge in [0.25, 0.3) is 0 Å². The van der Waals surface area contributed by atoms with Crippen molar-refractivity contribution in [2.24, 2.45) is 5.73 Å². The number of nitrogens with two attached hydrogens (primary N) is 1. The van der Waals surface area contributed by atoms with Crippen LogP contribution in [0.1, 0.15) is 50.4 Å². The van der Waals surface area contributed by atoms with Gasteiger partial charge >= 0.3 is 0 Å². The molecule has 0 saturated heterocycles. The van der Waals surface area contributed by atoms with Crippen molar-refractivity contribution < 1.29 is 4.39 Å². The average molecular weight is 261 g/mol. The van der Waals surface area contributed by atoms with Crippen molar-refractivity contribution in [3.05, 3.63) is 29.8 Å². The summed E-state index contributed by atoms with van der Waals surface area (Å²) in [5.41, 5.74) is 7.32. The molecule has 1 atom stereocenters. The summed E-state index contributed by atoms with van der Waals surface area (Å²) in [4.78, 5) is 4.57. The van der Waals surface area contributed by atoms with E-state index < -0.39 is 0 Å². The van der Waals surface area contributed by atoms with Crippen LogP contribution in [-0.4, -0.2) is 16.1 Å². The number of rotatable bonds is 5. The van der Waals surface area contributed by atoms with Crippen molar-refractivity contribution in [1.82, 2.24) is 9.55 Å². The Morgan fingerprint density at radius 3 is 2.89 bits per heavy atom. The second-order valence-electron chi connectivity index (χ2n) is 5.40. The maximum Gasteiger partial charge on any atom is 0.151 e. The summed E-state index contributed by atoms with van der Waals surface area (Å²) >= 11 is 0. The fraction of sp³-hybridized carbons (Fsp3) is 0.533. The molecule has 1 aromatic carbocycles. The van der Waals surface area contributed by atoms with Crippen LogP contribution in [0.4, 0.5) is 4.39 Å². The second kappa shape index (κ2) is 4.93. The number of benzene rings is 1. The molecule has 1 saturated carbocycles. The summed E-state index contributed by atoms with van der Waals surface area (Å²) in [6.07, 6.45) is 4.41. The Bertz CT molecular complexity index is 586. The van der Waals surface area contributed by atoms with Crippen LogP contribution in [0.15, 0.2) is 18.2 Å². The minimum Gasteiger partial charge on any atom is -0.330 e. The molecule has 1 heterocycles. The summed E-state index contributed by atoms with van der Waals surface area (Å²) in [5.74, 6) is 0.981. The Morgan fingerprint density at radius 2 is 2.26 bits per heavy atom. The molecule has 3 rings (SSSR count). The van der Waals surface area contributed by atoms with E-state index in [1.54, 1.807) is 6.07 Å². The molecule has 0 radical (unpaired) electrons. The summed E-state index contributed by atoms with van der Waals surface area (Å²) in [6, 6.07) is 5.70. The largest absolute Gasteiger partial charge is 0.330 e. The van der Waals surface area contributed by atoms with Gasteiger partial charge in [0, 0.05) is 18.5 Å². The molecule has 0 amide bonds. The molecule has 2 N–H and O–H groups in total. The van der Waals surface area contributed by atoms with Crippen LogP contribution in [0.25, 0.3) is 11.0 Å². The molecule has 1 aromatic heterocycles. The predicted octanol–water partition coefficient (Wildman–Crippen LogP) is 3.35. The first kappa shape index (κ1) is 12.6. The smallest absolute Gasteiger partial charge is 0.151 e. The molecule has 1 aliphatic rings. The lowest BCUT2D eigenvalue weighted by molar-refractivity contribution is 0.552. The van der Waals surface area contributed by atoms with Crippen molar-refractivity contribution in [1.29, 1.82) is 0 Å². The van der Waals surface area contributed by atoms with E-state index in [0.29, 0.717) is 18.1 Å². The number of halogens is 1. The van der Waals surface area contributed by atoms with E-state index >= 15 is 0 Å². The third kappa shape index (κ3) is 2.14. The summed E-state index contributed by atoms with van der Waals surface area (Å²) in [5, 5.41) is 0. The van der Waals surface area contributed by atoms with Crippen molar-refractivity contribution in [3.63, 3.8) is 0 Å². The molecule has 0 aliphatic heterocycles. The maximum atomic E-state index is 13.9. The van der Waals surface area contributed by atoms with Crippen LogP contribution in [0, 0.1) is 5.82 Å². The molecular weight excluding hydrogens is 241 g/mol. The van der Waals surface area contributed by atoms with Crippen molar-refractivity contribution in [3.8, 4) is 0 Å². The van der Waals surface area contributed by atoms with Gasteiger partial charge in [-0.2, -0.15) is 0 Å². The van der Waals surface area contributed by atoms with E-state index in [9.17, 15) is 4.39 Å². The zero-order chi connectivity index (χ0) is 13.4. The first-order valence-corrected chi connectivity index (χ1v) is 7.12. The van der Waals surface area contributed by atoms with Gasteiger partial charge in [-0.3, -0.25) is 0 Å². The highest BCUT2D eigenvalue weighted by Gasteiger charge is 2.31. The van der Waals surface area contributed by atoms with Gasteiger partial charge in [0.1, 0.15) is 11.3 Å². The fourth-order valence-electron chi connectivity index (χ4n) is 2.81. The standard InChI is InChI=1S/C15H20FN3/c1-2-4-10(9-17)15-18-14-12(16)5-3-6-13(14)19(15)11-7-8-11/h3,5-6,10-11H,2,4,7-9,17H2,1H3. The summed E-state index contributed by atoms with van der Waals surface area (Å²) in [6.45, 7) is 2.72. The van der Waals surface area contributed by atoms with Crippen molar-refractivity contribution >= 4 is 11.0 Å². The highest BCUT2D eigenvalue weighted by molar-refractivity contribution is 5.77. The van der Waals surface area contributed by atoms with Gasteiger partial charge in [0.2, 0.25) is 0 Å². The van der Waals surface area contributed by atoms with Gasteiger partial charge in [0.05, 0.1) is 5.52 Å². The monoisotopic (exact) mass is 261 g/mol. The quantitative estimate of drug-likeness (QED) is 0.897. The number of para-hydroxylation sites is 1. The maximum absolute atomic E-state index is 13.9. The molecule has 2 aromatic rings. The number of nitrogens with zero attached hydrogens (tertiary/aromatic N) is 2. The van der Waals surface area contributed by atoms with Gasteiger partial charge in [-0.25, -0.2) is 9.37 Å². The van der Waals surface area contributed by atoms with Gasteiger partial charge in [-0.1, -0.05) is 19.4 Å². The zero-order valence-corrected chi connectivity index (χ0v) is 11.3. The SMILES string of the molecule is CCCC(CN)c1nc2c(F)cccc2n1C1CC1. The molecule has 4 heteroatoms. The number of imidazole rings is 1. The molecule has 1 fully saturated rings. The van der Waals surface area contributed by atoms with Gasteiger partial charge in [-0.15, -0.1) is 0 Å². The van der Waals surface area contributed by atoms with Crippen LogP contribution >= 0.6 is 0 Å². The first-order chi connectivity index (χ1) is 9.26. The fourth-order valence-corrected chi connectivity index (χ4v) is 2.81. The van der Waals surface area contributed by atoms with E-state index in [1.807, 2.05) is 6.07 Å². The lowest BCUT2D eigenvalue weighted by atomic mass is 10.0. The van der Waals surface area contributed by atoms with Crippen LogP contribution in [0.2, 0.25) is 0 Å². The van der Waals surface area contributed by atoms with Gasteiger partial charge in [0.15, 0.2) is 5.82 Å². The normalized spacial score (nSPS) is 17.0. The third-order valence-electron chi connectivity index (χ3n) is 3.90. The van der Waals surface area contributed by atoms with Gasteiger partial charge < -0.3 is 10.3 Å². The Kier molecular flexibility index (Phi) is 3.27. The van der Waals surface area contributed by atoms with E-state index in [0.717, 1.165) is 24.2 Å². The van der Waals surface area contributed by atoms with Crippen LogP contribution in [0.5, 0.6) is 0 Å². The molecule has 0 bridgehead atoms. The predicted molar refractivity (Wildman–Crippen MR) is 74.7 cm³/mol. The zero-order valence-electron chi connectivity index (χ0n) is 11.3. The lowest BCUT2D eigenvalue weighted by Crippen LogP contribution is -2.17. The lowest BCUT2D eigenvalue weighted by Gasteiger charge is -2.15. The van der Waals surface area contributed by atoms with E-state index in [4.69, 9.17) is 5.73 Å². The topological polar surface area (TPSA) is 43.8 Å². The number of hydrogen-bond acceptors (Lipinski definition) is 2. The first-order valence-electron chi connectivity index (χ1n) is 7.12. The second-order valence-corrected chi connectivity index (χ2v) is 5.40. The molecular formula is C15H20FN3. The van der Waals surface area contributed by atoms with Crippen LogP contribution in [0.3, 0.4) is 0 Å². The van der Waals surface area contributed by atoms with Crippen molar-refractivity contribution in [2.45, 2.75) is 44.6 Å². The van der Waals surface area contributed by atoms with Crippen LogP contribution in [-0.2, 0) is 0 Å².